The Hall–Kier alpha value is -3.28. The van der Waals surface area contributed by atoms with Crippen LogP contribution in [0.25, 0.3) is 0 Å². The van der Waals surface area contributed by atoms with Crippen LogP contribution in [0.15, 0.2) is 64.2 Å². The number of fused-ring (bicyclic) bond motifs is 2. The van der Waals surface area contributed by atoms with Crippen LogP contribution in [0.3, 0.4) is 0 Å². The fourth-order valence-electron chi connectivity index (χ4n) is 3.30. The number of para-hydroxylation sites is 3. The van der Waals surface area contributed by atoms with Crippen LogP contribution in [-0.2, 0) is 7.05 Å². The lowest BCUT2D eigenvalue weighted by atomic mass is 10.1. The molecular formula is C19H18N4O2. The van der Waals surface area contributed by atoms with Gasteiger partial charge in [-0.3, -0.25) is 19.2 Å². The molecular weight excluding hydrogens is 316 g/mol. The summed E-state index contributed by atoms with van der Waals surface area (Å²) in [6, 6.07) is 17.6. The fourth-order valence-corrected chi connectivity index (χ4v) is 3.30. The van der Waals surface area contributed by atoms with Crippen molar-refractivity contribution in [2.75, 3.05) is 16.3 Å². The van der Waals surface area contributed by atoms with E-state index in [4.69, 9.17) is 0 Å². The van der Waals surface area contributed by atoms with Crippen molar-refractivity contribution in [2.24, 2.45) is 7.05 Å². The summed E-state index contributed by atoms with van der Waals surface area (Å²) in [6.45, 7) is 2.61. The molecule has 0 aliphatic carbocycles. The van der Waals surface area contributed by atoms with Crippen molar-refractivity contribution in [3.8, 4) is 0 Å². The third kappa shape index (κ3) is 2.18. The molecule has 0 saturated carbocycles. The molecule has 6 heteroatoms. The van der Waals surface area contributed by atoms with E-state index in [0.29, 0.717) is 18.1 Å². The summed E-state index contributed by atoms with van der Waals surface area (Å²) in [5.41, 5.74) is 2.48. The summed E-state index contributed by atoms with van der Waals surface area (Å²) in [7, 11) is 1.49. The van der Waals surface area contributed by atoms with Gasteiger partial charge in [-0.2, -0.15) is 0 Å². The highest BCUT2D eigenvalue weighted by Gasteiger charge is 2.32. The number of aromatic amines is 1. The zero-order valence-corrected chi connectivity index (χ0v) is 14.1. The van der Waals surface area contributed by atoms with Crippen LogP contribution in [0, 0.1) is 0 Å². The van der Waals surface area contributed by atoms with Crippen LogP contribution in [0.1, 0.15) is 6.92 Å². The van der Waals surface area contributed by atoms with E-state index in [1.54, 1.807) is 0 Å². The van der Waals surface area contributed by atoms with Crippen LogP contribution in [0.2, 0.25) is 0 Å². The van der Waals surface area contributed by atoms with Crippen LogP contribution in [0.4, 0.5) is 28.6 Å². The van der Waals surface area contributed by atoms with Gasteiger partial charge in [-0.15, -0.1) is 0 Å². The molecule has 126 valence electrons. The Morgan fingerprint density at radius 1 is 0.920 bits per heavy atom. The van der Waals surface area contributed by atoms with E-state index >= 15 is 0 Å². The maximum absolute atomic E-state index is 12.9. The van der Waals surface area contributed by atoms with E-state index in [0.717, 1.165) is 21.6 Å². The van der Waals surface area contributed by atoms with Gasteiger partial charge in [0.15, 0.2) is 0 Å². The van der Waals surface area contributed by atoms with Gasteiger partial charge < -0.3 is 4.90 Å². The molecule has 0 fully saturated rings. The number of nitrogens with zero attached hydrogens (tertiary/aromatic N) is 3. The van der Waals surface area contributed by atoms with Gasteiger partial charge in [-0.25, -0.2) is 4.79 Å². The molecule has 2 aromatic carbocycles. The van der Waals surface area contributed by atoms with Gasteiger partial charge in [0.2, 0.25) is 0 Å². The van der Waals surface area contributed by atoms with Crippen molar-refractivity contribution < 1.29 is 0 Å². The van der Waals surface area contributed by atoms with Crippen molar-refractivity contribution in [1.82, 2.24) is 9.55 Å². The minimum absolute atomic E-state index is 0.309. The number of benzene rings is 2. The summed E-state index contributed by atoms with van der Waals surface area (Å²) in [5.74, 6) is 0.500. The highest BCUT2D eigenvalue weighted by Crippen LogP contribution is 2.48. The second kappa shape index (κ2) is 5.66. The normalized spacial score (nSPS) is 12.7. The monoisotopic (exact) mass is 334 g/mol. The summed E-state index contributed by atoms with van der Waals surface area (Å²) in [4.78, 5) is 31.9. The lowest BCUT2D eigenvalue weighted by molar-refractivity contribution is 0.764. The topological polar surface area (TPSA) is 61.3 Å². The number of hydrogen-bond acceptors (Lipinski definition) is 4. The van der Waals surface area contributed by atoms with Crippen LogP contribution in [-0.4, -0.2) is 16.1 Å². The number of nitrogens with one attached hydrogen (secondary N) is 1. The molecule has 0 amide bonds. The molecule has 2 heterocycles. The average Bonchev–Trinajstić information content (AvgIpc) is 2.65. The predicted octanol–water partition coefficient (Wildman–Crippen LogP) is 3.01. The van der Waals surface area contributed by atoms with Crippen molar-refractivity contribution in [3.05, 3.63) is 75.4 Å². The third-order valence-corrected chi connectivity index (χ3v) is 4.50. The first kappa shape index (κ1) is 15.3. The highest BCUT2D eigenvalue weighted by atomic mass is 16.2. The van der Waals surface area contributed by atoms with Crippen LogP contribution in [0.5, 0.6) is 0 Å². The minimum Gasteiger partial charge on any atom is -0.333 e. The van der Waals surface area contributed by atoms with E-state index in [1.165, 1.54) is 7.05 Å². The van der Waals surface area contributed by atoms with E-state index in [1.807, 2.05) is 71.3 Å². The molecule has 1 N–H and O–H groups in total. The number of anilines is 5. The Bertz CT molecular complexity index is 1050. The minimum atomic E-state index is -0.430. The van der Waals surface area contributed by atoms with Crippen molar-refractivity contribution >= 4 is 28.6 Å². The second-order valence-corrected chi connectivity index (χ2v) is 5.90. The molecule has 0 bridgehead atoms. The van der Waals surface area contributed by atoms with E-state index < -0.39 is 5.69 Å². The average molecular weight is 334 g/mol. The van der Waals surface area contributed by atoms with Gasteiger partial charge in [0.25, 0.3) is 5.56 Å². The number of rotatable bonds is 2. The lowest BCUT2D eigenvalue weighted by Gasteiger charge is -2.38. The maximum atomic E-state index is 12.9. The predicted molar refractivity (Wildman–Crippen MR) is 99.7 cm³/mol. The van der Waals surface area contributed by atoms with E-state index in [9.17, 15) is 9.59 Å². The Labute approximate surface area is 144 Å². The molecule has 1 aliphatic heterocycles. The van der Waals surface area contributed by atoms with E-state index in [2.05, 4.69) is 4.98 Å². The second-order valence-electron chi connectivity index (χ2n) is 5.90. The summed E-state index contributed by atoms with van der Waals surface area (Å²) >= 11 is 0. The first-order valence-electron chi connectivity index (χ1n) is 8.18. The highest BCUT2D eigenvalue weighted by molar-refractivity contribution is 5.95. The van der Waals surface area contributed by atoms with Gasteiger partial charge in [0.05, 0.1) is 11.4 Å². The Morgan fingerprint density at radius 2 is 1.56 bits per heavy atom. The summed E-state index contributed by atoms with van der Waals surface area (Å²) in [6.07, 6.45) is 0. The third-order valence-electron chi connectivity index (χ3n) is 4.50. The zero-order chi connectivity index (χ0) is 17.6. The van der Waals surface area contributed by atoms with Crippen molar-refractivity contribution in [1.29, 1.82) is 0 Å². The molecule has 6 nitrogen and oxygen atoms in total. The lowest BCUT2D eigenvalue weighted by Crippen LogP contribution is -2.41. The number of H-pyrrole nitrogens is 1. The van der Waals surface area contributed by atoms with Crippen molar-refractivity contribution in [3.63, 3.8) is 0 Å². The molecule has 1 aromatic heterocycles. The van der Waals surface area contributed by atoms with Gasteiger partial charge in [0, 0.05) is 19.3 Å². The Kier molecular flexibility index (Phi) is 3.46. The number of hydrogen-bond donors (Lipinski definition) is 1. The van der Waals surface area contributed by atoms with Crippen LogP contribution >= 0.6 is 0 Å². The zero-order valence-electron chi connectivity index (χ0n) is 14.1. The van der Waals surface area contributed by atoms with Gasteiger partial charge in [0.1, 0.15) is 11.5 Å². The Balaban J connectivity index is 2.12. The standard InChI is InChI=1S/C19H18N4O2/c1-3-22-14-11-7-8-12-15(14)23(13-9-5-4-6-10-13)17-16(22)18(24)21(2)19(25)20-17/h4-12H,3H2,1-2H3,(H,20,25). The summed E-state index contributed by atoms with van der Waals surface area (Å²) in [5, 5.41) is 0. The SMILES string of the molecule is CCN1c2ccccc2N(c2ccccc2)c2[nH]c(=O)n(C)c(=O)c21. The molecule has 0 spiro atoms. The van der Waals surface area contributed by atoms with Crippen molar-refractivity contribution in [2.45, 2.75) is 6.92 Å². The van der Waals surface area contributed by atoms with Gasteiger partial charge >= 0.3 is 5.69 Å². The first-order valence-corrected chi connectivity index (χ1v) is 8.18. The molecule has 1 aliphatic rings. The van der Waals surface area contributed by atoms with E-state index in [-0.39, 0.29) is 5.56 Å². The molecule has 0 unspecified atom stereocenters. The van der Waals surface area contributed by atoms with Crippen LogP contribution < -0.4 is 21.0 Å². The van der Waals surface area contributed by atoms with Gasteiger partial charge in [-0.1, -0.05) is 30.3 Å². The largest absolute Gasteiger partial charge is 0.333 e. The fraction of sp³-hybridized carbons (Fsp3) is 0.158. The molecule has 0 atom stereocenters. The molecule has 0 saturated heterocycles. The molecule has 25 heavy (non-hydrogen) atoms. The molecule has 0 radical (unpaired) electrons. The maximum Gasteiger partial charge on any atom is 0.329 e. The quantitative estimate of drug-likeness (QED) is 0.782. The molecule has 4 rings (SSSR count). The van der Waals surface area contributed by atoms with Gasteiger partial charge in [-0.05, 0) is 31.2 Å². The summed E-state index contributed by atoms with van der Waals surface area (Å²) < 4.78 is 1.11. The number of aromatic nitrogens is 2. The Morgan fingerprint density at radius 3 is 2.24 bits per heavy atom. The first-order chi connectivity index (χ1) is 12.1. The smallest absolute Gasteiger partial charge is 0.329 e. The molecule has 3 aromatic rings.